The van der Waals surface area contributed by atoms with E-state index in [0.29, 0.717) is 6.54 Å². The highest BCUT2D eigenvalue weighted by atomic mass is 15.2. The lowest BCUT2D eigenvalue weighted by atomic mass is 9.86. The summed E-state index contributed by atoms with van der Waals surface area (Å²) in [5, 5.41) is 3.73. The molecule has 5 heteroatoms. The number of hydrogen-bond acceptors (Lipinski definition) is 3. The van der Waals surface area contributed by atoms with Gasteiger partial charge in [-0.15, -0.1) is 0 Å². The molecule has 1 heterocycles. The summed E-state index contributed by atoms with van der Waals surface area (Å²) in [5.41, 5.74) is 8.46. The van der Waals surface area contributed by atoms with Gasteiger partial charge >= 0.3 is 0 Å². The number of hydrogen-bond donors (Lipinski definition) is 0. The fourth-order valence-corrected chi connectivity index (χ4v) is 1.94. The minimum absolute atomic E-state index is 0.0821. The van der Waals surface area contributed by atoms with Gasteiger partial charge in [0.15, 0.2) is 0 Å². The monoisotopic (exact) mass is 197 g/mol. The van der Waals surface area contributed by atoms with Crippen LogP contribution in [0, 0.1) is 0 Å². The van der Waals surface area contributed by atoms with Gasteiger partial charge in [0.05, 0.1) is 0 Å². The molecule has 0 bridgehead atoms. The van der Waals surface area contributed by atoms with E-state index in [1.54, 1.807) is 0 Å². The molecule has 1 saturated heterocycles. The maximum atomic E-state index is 8.37. The van der Waals surface area contributed by atoms with Crippen molar-refractivity contribution in [1.82, 2.24) is 9.80 Å². The summed E-state index contributed by atoms with van der Waals surface area (Å²) in [6, 6.07) is 0. The number of azide groups is 1. The van der Waals surface area contributed by atoms with Crippen LogP contribution in [0.2, 0.25) is 0 Å². The topological polar surface area (TPSA) is 55.2 Å². The van der Waals surface area contributed by atoms with Gasteiger partial charge in [-0.1, -0.05) is 5.11 Å². The molecule has 0 N–H and O–H groups in total. The first-order chi connectivity index (χ1) is 6.60. The van der Waals surface area contributed by atoms with Crippen molar-refractivity contribution >= 4 is 0 Å². The van der Waals surface area contributed by atoms with Crippen LogP contribution in [-0.4, -0.2) is 56.1 Å². The molecule has 1 rings (SSSR count). The second kappa shape index (κ2) is 4.64. The third-order valence-electron chi connectivity index (χ3n) is 3.29. The standard InChI is InChI=1S/C9H19N5/c1-13(2)9(8-11-12-10)4-6-14(3)7-5-9/h4-8H2,1-3H3. The Kier molecular flexibility index (Phi) is 3.75. The minimum atomic E-state index is 0.0821. The largest absolute Gasteiger partial charge is 0.306 e. The van der Waals surface area contributed by atoms with Crippen LogP contribution >= 0.6 is 0 Å². The normalized spacial score (nSPS) is 22.0. The molecule has 0 aromatic carbocycles. The Morgan fingerprint density at radius 3 is 2.43 bits per heavy atom. The van der Waals surface area contributed by atoms with E-state index < -0.39 is 0 Å². The van der Waals surface area contributed by atoms with Gasteiger partial charge in [-0.3, -0.25) is 0 Å². The van der Waals surface area contributed by atoms with Gasteiger partial charge in [-0.05, 0) is 52.6 Å². The average Bonchev–Trinajstić information content (AvgIpc) is 2.17. The number of likely N-dealkylation sites (tertiary alicyclic amines) is 1. The van der Waals surface area contributed by atoms with Crippen LogP contribution in [0.25, 0.3) is 10.4 Å². The van der Waals surface area contributed by atoms with E-state index in [4.69, 9.17) is 5.53 Å². The Bertz CT molecular complexity index is 223. The first kappa shape index (κ1) is 11.3. The summed E-state index contributed by atoms with van der Waals surface area (Å²) in [4.78, 5) is 7.38. The molecular weight excluding hydrogens is 178 g/mol. The fraction of sp³-hybridized carbons (Fsp3) is 1.00. The molecule has 0 radical (unpaired) electrons. The molecule has 0 aliphatic carbocycles. The first-order valence-electron chi connectivity index (χ1n) is 4.97. The zero-order chi connectivity index (χ0) is 10.6. The Morgan fingerprint density at radius 1 is 1.43 bits per heavy atom. The van der Waals surface area contributed by atoms with E-state index in [1.807, 2.05) is 0 Å². The van der Waals surface area contributed by atoms with Crippen LogP contribution < -0.4 is 0 Å². The maximum absolute atomic E-state index is 8.37. The summed E-state index contributed by atoms with van der Waals surface area (Å²) in [6.07, 6.45) is 2.16. The lowest BCUT2D eigenvalue weighted by Gasteiger charge is -2.44. The van der Waals surface area contributed by atoms with Crippen LogP contribution in [-0.2, 0) is 0 Å². The van der Waals surface area contributed by atoms with Gasteiger partial charge in [0.1, 0.15) is 0 Å². The van der Waals surface area contributed by atoms with Crippen molar-refractivity contribution in [1.29, 1.82) is 0 Å². The molecule has 0 saturated carbocycles. The highest BCUT2D eigenvalue weighted by Gasteiger charge is 2.34. The summed E-state index contributed by atoms with van der Waals surface area (Å²) in [6.45, 7) is 2.75. The van der Waals surface area contributed by atoms with Crippen molar-refractivity contribution < 1.29 is 0 Å². The lowest BCUT2D eigenvalue weighted by Crippen LogP contribution is -2.53. The second-order valence-corrected chi connectivity index (χ2v) is 4.31. The van der Waals surface area contributed by atoms with Crippen LogP contribution in [0.3, 0.4) is 0 Å². The first-order valence-corrected chi connectivity index (χ1v) is 4.97. The van der Waals surface area contributed by atoms with Crippen LogP contribution in [0.5, 0.6) is 0 Å². The molecule has 1 aliphatic heterocycles. The highest BCUT2D eigenvalue weighted by molar-refractivity contribution is 4.94. The maximum Gasteiger partial charge on any atom is 0.0443 e. The smallest absolute Gasteiger partial charge is 0.0443 e. The van der Waals surface area contributed by atoms with Gasteiger partial charge < -0.3 is 9.80 Å². The predicted octanol–water partition coefficient (Wildman–Crippen LogP) is 1.32. The van der Waals surface area contributed by atoms with Gasteiger partial charge in [-0.25, -0.2) is 0 Å². The minimum Gasteiger partial charge on any atom is -0.306 e. The van der Waals surface area contributed by atoms with Crippen molar-refractivity contribution in [2.45, 2.75) is 18.4 Å². The molecule has 0 unspecified atom stereocenters. The quantitative estimate of drug-likeness (QED) is 0.389. The molecule has 80 valence electrons. The second-order valence-electron chi connectivity index (χ2n) is 4.31. The van der Waals surface area contributed by atoms with Gasteiger partial charge in [0.25, 0.3) is 0 Å². The van der Waals surface area contributed by atoms with E-state index in [0.717, 1.165) is 25.9 Å². The van der Waals surface area contributed by atoms with Crippen LogP contribution in [0.15, 0.2) is 5.11 Å². The van der Waals surface area contributed by atoms with Crippen LogP contribution in [0.1, 0.15) is 12.8 Å². The Hall–Kier alpha value is -0.770. The van der Waals surface area contributed by atoms with Crippen molar-refractivity contribution in [3.63, 3.8) is 0 Å². The van der Waals surface area contributed by atoms with Crippen molar-refractivity contribution in [3.8, 4) is 0 Å². The molecule has 0 amide bonds. The molecule has 1 fully saturated rings. The summed E-state index contributed by atoms with van der Waals surface area (Å²) in [7, 11) is 6.27. The molecule has 0 spiro atoms. The number of rotatable bonds is 3. The van der Waals surface area contributed by atoms with Crippen molar-refractivity contribution in [2.75, 3.05) is 40.8 Å². The fourth-order valence-electron chi connectivity index (χ4n) is 1.94. The molecular formula is C9H19N5. The van der Waals surface area contributed by atoms with E-state index in [9.17, 15) is 0 Å². The molecule has 0 aromatic rings. The zero-order valence-corrected chi connectivity index (χ0v) is 9.27. The van der Waals surface area contributed by atoms with Crippen LogP contribution in [0.4, 0.5) is 0 Å². The third kappa shape index (κ3) is 2.38. The Labute approximate surface area is 85.3 Å². The number of nitrogens with zero attached hydrogens (tertiary/aromatic N) is 5. The molecule has 1 aliphatic rings. The Morgan fingerprint density at radius 2 is 2.00 bits per heavy atom. The average molecular weight is 197 g/mol. The summed E-state index contributed by atoms with van der Waals surface area (Å²) >= 11 is 0. The number of likely N-dealkylation sites (N-methyl/N-ethyl adjacent to an activating group) is 1. The molecule has 5 nitrogen and oxygen atoms in total. The van der Waals surface area contributed by atoms with Gasteiger partial charge in [0.2, 0.25) is 0 Å². The van der Waals surface area contributed by atoms with E-state index in [-0.39, 0.29) is 5.54 Å². The summed E-state index contributed by atoms with van der Waals surface area (Å²) in [5.74, 6) is 0. The number of piperidine rings is 1. The van der Waals surface area contributed by atoms with Crippen molar-refractivity contribution in [2.24, 2.45) is 5.11 Å². The van der Waals surface area contributed by atoms with E-state index in [1.165, 1.54) is 0 Å². The van der Waals surface area contributed by atoms with Gasteiger partial charge in [-0.2, -0.15) is 0 Å². The third-order valence-corrected chi connectivity index (χ3v) is 3.29. The summed E-state index contributed by atoms with van der Waals surface area (Å²) < 4.78 is 0. The van der Waals surface area contributed by atoms with Crippen molar-refractivity contribution in [3.05, 3.63) is 10.4 Å². The molecule has 0 aromatic heterocycles. The lowest BCUT2D eigenvalue weighted by molar-refractivity contribution is 0.0739. The van der Waals surface area contributed by atoms with Gasteiger partial charge in [0, 0.05) is 17.0 Å². The predicted molar refractivity (Wildman–Crippen MR) is 57.2 cm³/mol. The molecule has 0 atom stereocenters. The van der Waals surface area contributed by atoms with E-state index in [2.05, 4.69) is 41.0 Å². The Balaban J connectivity index is 2.67. The van der Waals surface area contributed by atoms with E-state index >= 15 is 0 Å². The molecule has 14 heavy (non-hydrogen) atoms. The zero-order valence-electron chi connectivity index (χ0n) is 9.27. The highest BCUT2D eigenvalue weighted by Crippen LogP contribution is 2.26. The SMILES string of the molecule is CN1CCC(CN=[N+]=[N-])(N(C)C)CC1.